The molecular weight excluding hydrogens is 358 g/mol. The molecule has 27 heavy (non-hydrogen) atoms. The Bertz CT molecular complexity index is 826. The van der Waals surface area contributed by atoms with E-state index in [0.29, 0.717) is 18.7 Å². The van der Waals surface area contributed by atoms with Crippen molar-refractivity contribution in [2.45, 2.75) is 32.7 Å². The van der Waals surface area contributed by atoms with Crippen LogP contribution in [0.2, 0.25) is 0 Å². The third kappa shape index (κ3) is 5.69. The Morgan fingerprint density at radius 2 is 2.04 bits per heavy atom. The second-order valence-electron chi connectivity index (χ2n) is 6.31. The number of aromatic nitrogens is 2. The lowest BCUT2D eigenvalue weighted by atomic mass is 10.2. The molecule has 0 bridgehead atoms. The van der Waals surface area contributed by atoms with Gasteiger partial charge in [0.15, 0.2) is 0 Å². The average molecular weight is 384 g/mol. The van der Waals surface area contributed by atoms with Crippen molar-refractivity contribution in [2.24, 2.45) is 0 Å². The number of thiophene rings is 1. The summed E-state index contributed by atoms with van der Waals surface area (Å²) in [5, 5.41) is 11.6. The van der Waals surface area contributed by atoms with Crippen molar-refractivity contribution in [1.29, 1.82) is 0 Å². The second kappa shape index (κ2) is 9.92. The van der Waals surface area contributed by atoms with E-state index in [1.165, 1.54) is 12.8 Å². The van der Waals surface area contributed by atoms with Gasteiger partial charge in [0, 0.05) is 29.2 Å². The Morgan fingerprint density at radius 1 is 1.19 bits per heavy atom. The van der Waals surface area contributed by atoms with E-state index in [-0.39, 0.29) is 5.91 Å². The topological polar surface area (TPSA) is 56.1 Å². The first-order valence-corrected chi connectivity index (χ1v) is 10.3. The maximum Gasteiger partial charge on any atom is 0.251 e. The van der Waals surface area contributed by atoms with Crippen LogP contribution in [0.15, 0.2) is 53.4 Å². The van der Waals surface area contributed by atoms with Crippen LogP contribution in [0.1, 0.15) is 36.5 Å². The zero-order valence-electron chi connectivity index (χ0n) is 15.6. The molecular formula is C21H25N3O2S. The fraction of sp³-hybridized carbons (Fsp3) is 0.333. The zero-order chi connectivity index (χ0) is 18.9. The molecule has 0 aliphatic rings. The van der Waals surface area contributed by atoms with Crippen LogP contribution in [0, 0.1) is 0 Å². The summed E-state index contributed by atoms with van der Waals surface area (Å²) >= 11 is 1.66. The number of unbranched alkanes of at least 4 members (excludes halogenated alkanes) is 2. The van der Waals surface area contributed by atoms with E-state index in [1.807, 2.05) is 34.5 Å². The Labute approximate surface area is 164 Å². The minimum atomic E-state index is -0.0854. The number of carbonyl (C=O) groups excluding carboxylic acids is 1. The lowest BCUT2D eigenvalue weighted by Crippen LogP contribution is -2.27. The van der Waals surface area contributed by atoms with E-state index in [9.17, 15) is 4.79 Å². The smallest absolute Gasteiger partial charge is 0.251 e. The summed E-state index contributed by atoms with van der Waals surface area (Å²) in [6.45, 7) is 4.05. The number of hydrogen-bond acceptors (Lipinski definition) is 4. The number of hydrogen-bond donors (Lipinski definition) is 1. The molecule has 0 unspecified atom stereocenters. The molecule has 5 nitrogen and oxygen atoms in total. The molecule has 3 rings (SSSR count). The third-order valence-electron chi connectivity index (χ3n) is 4.22. The van der Waals surface area contributed by atoms with Crippen LogP contribution in [0.5, 0.6) is 5.75 Å². The van der Waals surface area contributed by atoms with E-state index >= 15 is 0 Å². The van der Waals surface area contributed by atoms with E-state index in [1.54, 1.807) is 23.5 Å². The van der Waals surface area contributed by atoms with Crippen LogP contribution in [-0.2, 0) is 6.54 Å². The highest BCUT2D eigenvalue weighted by molar-refractivity contribution is 7.08. The van der Waals surface area contributed by atoms with Gasteiger partial charge >= 0.3 is 0 Å². The quantitative estimate of drug-likeness (QED) is 0.520. The fourth-order valence-corrected chi connectivity index (χ4v) is 3.33. The molecule has 6 heteroatoms. The number of nitrogens with one attached hydrogen (secondary N) is 1. The van der Waals surface area contributed by atoms with Gasteiger partial charge in [0.2, 0.25) is 0 Å². The molecule has 0 radical (unpaired) electrons. The molecule has 3 aromatic rings. The lowest BCUT2D eigenvalue weighted by Gasteiger charge is -2.08. The molecule has 2 heterocycles. The SMILES string of the molecule is CCCCCOc1ccc(C(=O)NCCn2ccc(-c3ccsc3)n2)cc1. The van der Waals surface area contributed by atoms with Gasteiger partial charge < -0.3 is 10.1 Å². The Morgan fingerprint density at radius 3 is 2.78 bits per heavy atom. The monoisotopic (exact) mass is 383 g/mol. The van der Waals surface area contributed by atoms with Gasteiger partial charge in [0.1, 0.15) is 5.75 Å². The molecule has 0 fully saturated rings. The summed E-state index contributed by atoms with van der Waals surface area (Å²) in [7, 11) is 0. The average Bonchev–Trinajstić information content (AvgIpc) is 3.37. The summed E-state index contributed by atoms with van der Waals surface area (Å²) in [6.07, 6.45) is 5.34. The fourth-order valence-electron chi connectivity index (χ4n) is 2.68. The maximum atomic E-state index is 12.3. The van der Waals surface area contributed by atoms with Gasteiger partial charge in [-0.05, 0) is 48.2 Å². The second-order valence-corrected chi connectivity index (χ2v) is 7.09. The molecule has 1 aromatic carbocycles. The molecule has 0 aliphatic heterocycles. The van der Waals surface area contributed by atoms with Crippen LogP contribution in [0.25, 0.3) is 11.3 Å². The van der Waals surface area contributed by atoms with Gasteiger partial charge in [0.25, 0.3) is 5.91 Å². The molecule has 0 spiro atoms. The predicted molar refractivity (Wildman–Crippen MR) is 109 cm³/mol. The first kappa shape index (κ1) is 19.2. The number of carbonyl (C=O) groups is 1. The zero-order valence-corrected chi connectivity index (χ0v) is 16.4. The van der Waals surface area contributed by atoms with Gasteiger partial charge in [-0.2, -0.15) is 16.4 Å². The largest absolute Gasteiger partial charge is 0.494 e. The highest BCUT2D eigenvalue weighted by Gasteiger charge is 2.06. The molecule has 0 atom stereocenters. The first-order chi connectivity index (χ1) is 13.3. The normalized spacial score (nSPS) is 10.7. The number of nitrogens with zero attached hydrogens (tertiary/aromatic N) is 2. The van der Waals surface area contributed by atoms with Gasteiger partial charge in [0.05, 0.1) is 18.8 Å². The summed E-state index contributed by atoms with van der Waals surface area (Å²) < 4.78 is 7.52. The van der Waals surface area contributed by atoms with Crippen LogP contribution < -0.4 is 10.1 Å². The summed E-state index contributed by atoms with van der Waals surface area (Å²) in [5.74, 6) is 0.720. The maximum absolute atomic E-state index is 12.3. The summed E-state index contributed by atoms with van der Waals surface area (Å²) in [6, 6.07) is 11.3. The van der Waals surface area contributed by atoms with Crippen LogP contribution in [0.4, 0.5) is 0 Å². The molecule has 0 saturated carbocycles. The lowest BCUT2D eigenvalue weighted by molar-refractivity contribution is 0.0952. The van der Waals surface area contributed by atoms with E-state index in [2.05, 4.69) is 28.8 Å². The van der Waals surface area contributed by atoms with Crippen LogP contribution in [-0.4, -0.2) is 28.8 Å². The number of rotatable bonds is 10. The summed E-state index contributed by atoms with van der Waals surface area (Å²) in [4.78, 5) is 12.3. The molecule has 2 aromatic heterocycles. The van der Waals surface area contributed by atoms with Crippen LogP contribution in [0.3, 0.4) is 0 Å². The molecule has 1 amide bonds. The van der Waals surface area contributed by atoms with Gasteiger partial charge in [-0.3, -0.25) is 9.48 Å². The van der Waals surface area contributed by atoms with Crippen molar-refractivity contribution in [2.75, 3.05) is 13.2 Å². The van der Waals surface area contributed by atoms with E-state index < -0.39 is 0 Å². The minimum absolute atomic E-state index is 0.0854. The Kier molecular flexibility index (Phi) is 7.04. The summed E-state index contributed by atoms with van der Waals surface area (Å²) in [5.41, 5.74) is 2.72. The van der Waals surface area contributed by atoms with Crippen molar-refractivity contribution in [3.05, 3.63) is 58.9 Å². The van der Waals surface area contributed by atoms with Crippen molar-refractivity contribution >= 4 is 17.2 Å². The Balaban J connectivity index is 1.42. The molecule has 0 saturated heterocycles. The highest BCUT2D eigenvalue weighted by Crippen LogP contribution is 2.19. The van der Waals surface area contributed by atoms with Crippen molar-refractivity contribution in [1.82, 2.24) is 15.1 Å². The minimum Gasteiger partial charge on any atom is -0.494 e. The van der Waals surface area contributed by atoms with Gasteiger partial charge in [-0.15, -0.1) is 0 Å². The first-order valence-electron chi connectivity index (χ1n) is 9.33. The Hall–Kier alpha value is -2.60. The van der Waals surface area contributed by atoms with Crippen molar-refractivity contribution in [3.8, 4) is 17.0 Å². The molecule has 1 N–H and O–H groups in total. The number of benzene rings is 1. The van der Waals surface area contributed by atoms with E-state index in [4.69, 9.17) is 4.74 Å². The molecule has 0 aliphatic carbocycles. The standard InChI is InChI=1S/C21H25N3O2S/c1-2-3-4-14-26-19-7-5-17(6-8-19)21(25)22-11-13-24-12-9-20(23-24)18-10-15-27-16-18/h5-10,12,15-16H,2-4,11,13-14H2,1H3,(H,22,25). The van der Waals surface area contributed by atoms with Gasteiger partial charge in [-0.1, -0.05) is 19.8 Å². The predicted octanol–water partition coefficient (Wildman–Crippen LogP) is 4.61. The number of amides is 1. The van der Waals surface area contributed by atoms with Crippen LogP contribution >= 0.6 is 11.3 Å². The third-order valence-corrected chi connectivity index (χ3v) is 4.90. The van der Waals surface area contributed by atoms with E-state index in [0.717, 1.165) is 30.0 Å². The van der Waals surface area contributed by atoms with Gasteiger partial charge in [-0.25, -0.2) is 0 Å². The number of ether oxygens (including phenoxy) is 1. The van der Waals surface area contributed by atoms with Crippen molar-refractivity contribution < 1.29 is 9.53 Å². The van der Waals surface area contributed by atoms with Crippen molar-refractivity contribution in [3.63, 3.8) is 0 Å². The molecule has 142 valence electrons. The highest BCUT2D eigenvalue weighted by atomic mass is 32.1.